The molecule has 1 unspecified atom stereocenters. The highest BCUT2D eigenvalue weighted by atomic mass is 16.5. The van der Waals surface area contributed by atoms with Crippen molar-refractivity contribution in [2.24, 2.45) is 7.05 Å². The SMILES string of the molecule is Cn1ccc(NC(=O)CN2CCCCN3CCCCC3CCc3cccc(c3)OCC2)n1. The second-order valence-corrected chi connectivity index (χ2v) is 9.13. The van der Waals surface area contributed by atoms with Gasteiger partial charge in [0.25, 0.3) is 0 Å². The number of carbonyl (C=O) groups is 1. The van der Waals surface area contributed by atoms with E-state index in [0.717, 1.165) is 38.2 Å². The molecule has 3 heterocycles. The van der Waals surface area contributed by atoms with Crippen molar-refractivity contribution in [3.05, 3.63) is 42.1 Å². The number of ether oxygens (including phenoxy) is 1. The smallest absolute Gasteiger partial charge is 0.239 e. The highest BCUT2D eigenvalue weighted by Gasteiger charge is 2.22. The third kappa shape index (κ3) is 6.81. The highest BCUT2D eigenvalue weighted by Crippen LogP contribution is 2.23. The maximum atomic E-state index is 12.6. The molecule has 2 aliphatic rings. The first kappa shape index (κ1) is 22.8. The van der Waals surface area contributed by atoms with Gasteiger partial charge in [-0.05, 0) is 75.9 Å². The van der Waals surface area contributed by atoms with Crippen molar-refractivity contribution in [3.8, 4) is 5.75 Å². The fourth-order valence-electron chi connectivity index (χ4n) is 4.89. The van der Waals surface area contributed by atoms with Crippen LogP contribution in [0.2, 0.25) is 0 Å². The van der Waals surface area contributed by atoms with E-state index in [0.29, 0.717) is 25.0 Å². The van der Waals surface area contributed by atoms with Crippen molar-refractivity contribution in [2.45, 2.75) is 51.0 Å². The Bertz CT molecular complexity index is 868. The van der Waals surface area contributed by atoms with Crippen LogP contribution in [0.4, 0.5) is 5.82 Å². The first-order chi connectivity index (χ1) is 15.7. The van der Waals surface area contributed by atoms with Crippen molar-refractivity contribution in [1.82, 2.24) is 19.6 Å². The van der Waals surface area contributed by atoms with Gasteiger partial charge in [0.15, 0.2) is 5.82 Å². The van der Waals surface area contributed by atoms with Crippen molar-refractivity contribution in [3.63, 3.8) is 0 Å². The lowest BCUT2D eigenvalue weighted by Gasteiger charge is -2.36. The summed E-state index contributed by atoms with van der Waals surface area (Å²) in [7, 11) is 1.85. The lowest BCUT2D eigenvalue weighted by Crippen LogP contribution is -2.41. The number of rotatable bonds is 3. The van der Waals surface area contributed by atoms with E-state index in [1.165, 1.54) is 44.2 Å². The molecule has 1 atom stereocenters. The summed E-state index contributed by atoms with van der Waals surface area (Å²) < 4.78 is 7.75. The van der Waals surface area contributed by atoms with Crippen LogP contribution < -0.4 is 10.1 Å². The Balaban J connectivity index is 1.39. The fraction of sp³-hybridized carbons (Fsp3) is 0.600. The fourth-order valence-corrected chi connectivity index (χ4v) is 4.89. The summed E-state index contributed by atoms with van der Waals surface area (Å²) in [6.45, 7) is 4.95. The number of nitrogens with zero attached hydrogens (tertiary/aromatic N) is 4. The summed E-state index contributed by atoms with van der Waals surface area (Å²) in [5.74, 6) is 1.50. The molecule has 1 aromatic carbocycles. The van der Waals surface area contributed by atoms with Gasteiger partial charge < -0.3 is 15.0 Å². The molecule has 32 heavy (non-hydrogen) atoms. The van der Waals surface area contributed by atoms with Gasteiger partial charge in [0, 0.05) is 31.9 Å². The minimum atomic E-state index is -0.0280. The minimum absolute atomic E-state index is 0.0280. The standard InChI is InChI=1S/C25H37N5O2/c1-28-16-12-24(27-28)26-25(31)20-29-13-4-5-15-30-14-3-2-8-22(30)11-10-21-7-6-9-23(19-21)32-18-17-29/h6-7,9,12,16,19,22H,2-5,8,10-11,13-15,17-18,20H2,1H3,(H,26,27,31). The van der Waals surface area contributed by atoms with Gasteiger partial charge >= 0.3 is 0 Å². The molecule has 1 aromatic heterocycles. The van der Waals surface area contributed by atoms with Gasteiger partial charge in [-0.1, -0.05) is 18.6 Å². The predicted octanol–water partition coefficient (Wildman–Crippen LogP) is 3.32. The molecule has 0 saturated carbocycles. The largest absolute Gasteiger partial charge is 0.492 e. The van der Waals surface area contributed by atoms with E-state index in [9.17, 15) is 4.79 Å². The van der Waals surface area contributed by atoms with Crippen LogP contribution in [0.15, 0.2) is 36.5 Å². The zero-order valence-electron chi connectivity index (χ0n) is 19.3. The van der Waals surface area contributed by atoms with Gasteiger partial charge in [-0.25, -0.2) is 0 Å². The Hall–Kier alpha value is -2.38. The van der Waals surface area contributed by atoms with Gasteiger partial charge in [0.05, 0.1) is 6.54 Å². The molecule has 2 aromatic rings. The summed E-state index contributed by atoms with van der Waals surface area (Å²) >= 11 is 0. The van der Waals surface area contributed by atoms with E-state index >= 15 is 0 Å². The topological polar surface area (TPSA) is 62.6 Å². The first-order valence-electron chi connectivity index (χ1n) is 12.1. The lowest BCUT2D eigenvalue weighted by atomic mass is 9.95. The molecule has 7 heteroatoms. The molecule has 2 aliphatic heterocycles. The van der Waals surface area contributed by atoms with Crippen LogP contribution in [0, 0.1) is 0 Å². The van der Waals surface area contributed by atoms with Crippen LogP contribution >= 0.6 is 0 Å². The number of piperidine rings is 1. The Kier molecular flexibility index (Phi) is 8.18. The molecule has 0 spiro atoms. The number of aromatic nitrogens is 2. The maximum absolute atomic E-state index is 12.6. The molecule has 7 nitrogen and oxygen atoms in total. The van der Waals surface area contributed by atoms with Crippen molar-refractivity contribution >= 4 is 11.7 Å². The summed E-state index contributed by atoms with van der Waals surface area (Å²) in [6, 6.07) is 11.0. The van der Waals surface area contributed by atoms with Crippen molar-refractivity contribution in [2.75, 3.05) is 44.6 Å². The van der Waals surface area contributed by atoms with E-state index in [1.807, 2.05) is 25.4 Å². The normalized spacial score (nSPS) is 21.6. The van der Waals surface area contributed by atoms with E-state index < -0.39 is 0 Å². The number of hydrogen-bond acceptors (Lipinski definition) is 5. The van der Waals surface area contributed by atoms with Crippen molar-refractivity contribution in [1.29, 1.82) is 0 Å². The van der Waals surface area contributed by atoms with Crippen LogP contribution in [0.5, 0.6) is 5.75 Å². The Labute approximate surface area is 191 Å². The van der Waals surface area contributed by atoms with Crippen LogP contribution in [0.1, 0.15) is 44.1 Å². The zero-order chi connectivity index (χ0) is 22.2. The molecular weight excluding hydrogens is 402 g/mol. The van der Waals surface area contributed by atoms with Gasteiger partial charge in [-0.3, -0.25) is 14.4 Å². The van der Waals surface area contributed by atoms with E-state index in [2.05, 4.69) is 38.4 Å². The number of anilines is 1. The van der Waals surface area contributed by atoms with Gasteiger partial charge in [-0.15, -0.1) is 0 Å². The molecular formula is C25H37N5O2. The van der Waals surface area contributed by atoms with Crippen LogP contribution in [0.25, 0.3) is 0 Å². The average Bonchev–Trinajstić information content (AvgIpc) is 3.19. The summed E-state index contributed by atoms with van der Waals surface area (Å²) in [6.07, 6.45) is 10.4. The zero-order valence-corrected chi connectivity index (χ0v) is 19.3. The first-order valence-corrected chi connectivity index (χ1v) is 12.1. The number of fused-ring (bicyclic) bond motifs is 3. The molecule has 1 N–H and O–H groups in total. The lowest BCUT2D eigenvalue weighted by molar-refractivity contribution is -0.117. The van der Waals surface area contributed by atoms with Crippen molar-refractivity contribution < 1.29 is 9.53 Å². The molecule has 1 fully saturated rings. The predicted molar refractivity (Wildman–Crippen MR) is 127 cm³/mol. The Morgan fingerprint density at radius 2 is 1.94 bits per heavy atom. The molecule has 174 valence electrons. The number of hydrogen-bond donors (Lipinski definition) is 1. The summed E-state index contributed by atoms with van der Waals surface area (Å²) in [5.41, 5.74) is 1.36. The number of benzene rings is 1. The molecule has 4 rings (SSSR count). The van der Waals surface area contributed by atoms with E-state index in [1.54, 1.807) is 4.68 Å². The van der Waals surface area contributed by atoms with E-state index in [4.69, 9.17) is 4.74 Å². The van der Waals surface area contributed by atoms with Gasteiger partial charge in [0.1, 0.15) is 12.4 Å². The molecule has 1 amide bonds. The molecule has 0 radical (unpaired) electrons. The Morgan fingerprint density at radius 1 is 1.09 bits per heavy atom. The second-order valence-electron chi connectivity index (χ2n) is 9.13. The number of nitrogens with one attached hydrogen (secondary N) is 1. The van der Waals surface area contributed by atoms with Crippen LogP contribution in [-0.4, -0.2) is 70.9 Å². The number of aryl methyl sites for hydroxylation is 2. The average molecular weight is 440 g/mol. The summed E-state index contributed by atoms with van der Waals surface area (Å²) in [5, 5.41) is 7.15. The van der Waals surface area contributed by atoms with Gasteiger partial charge in [-0.2, -0.15) is 5.10 Å². The summed E-state index contributed by atoms with van der Waals surface area (Å²) in [4.78, 5) is 17.5. The third-order valence-corrected chi connectivity index (χ3v) is 6.61. The van der Waals surface area contributed by atoms with E-state index in [-0.39, 0.29) is 5.91 Å². The monoisotopic (exact) mass is 439 g/mol. The second kappa shape index (κ2) is 11.5. The van der Waals surface area contributed by atoms with Crippen LogP contribution in [-0.2, 0) is 18.3 Å². The number of carbonyl (C=O) groups excluding carboxylic acids is 1. The number of amides is 1. The third-order valence-electron chi connectivity index (χ3n) is 6.61. The maximum Gasteiger partial charge on any atom is 0.239 e. The molecule has 1 saturated heterocycles. The van der Waals surface area contributed by atoms with Crippen LogP contribution in [0.3, 0.4) is 0 Å². The Morgan fingerprint density at radius 3 is 2.78 bits per heavy atom. The van der Waals surface area contributed by atoms with Gasteiger partial charge in [0.2, 0.25) is 5.91 Å². The highest BCUT2D eigenvalue weighted by molar-refractivity contribution is 5.91. The minimum Gasteiger partial charge on any atom is -0.492 e. The molecule has 0 aliphatic carbocycles. The quantitative estimate of drug-likeness (QED) is 0.795. The molecule has 2 bridgehead atoms.